The predicted octanol–water partition coefficient (Wildman–Crippen LogP) is 2.28. The molecule has 3 nitrogen and oxygen atoms in total. The van der Waals surface area contributed by atoms with Crippen LogP contribution < -0.4 is 5.32 Å². The molecule has 0 spiro atoms. The standard InChI is InChI=1S/C17H29N3/c1-5-10-18-17(15-9-7-6-8-14(15)2)16-13-19(3)11-12-20(16)4/h6-9,16-18H,5,10-13H2,1-4H3. The van der Waals surface area contributed by atoms with Gasteiger partial charge >= 0.3 is 0 Å². The first-order valence-corrected chi connectivity index (χ1v) is 7.81. The van der Waals surface area contributed by atoms with Crippen molar-refractivity contribution >= 4 is 0 Å². The van der Waals surface area contributed by atoms with Gasteiger partial charge in [-0.15, -0.1) is 0 Å². The van der Waals surface area contributed by atoms with Gasteiger partial charge in [-0.3, -0.25) is 4.90 Å². The number of piperazine rings is 1. The van der Waals surface area contributed by atoms with Crippen LogP contribution in [0.1, 0.15) is 30.5 Å². The highest BCUT2D eigenvalue weighted by molar-refractivity contribution is 5.30. The number of rotatable bonds is 5. The van der Waals surface area contributed by atoms with Crippen molar-refractivity contribution in [2.75, 3.05) is 40.3 Å². The summed E-state index contributed by atoms with van der Waals surface area (Å²) in [4.78, 5) is 4.96. The fraction of sp³-hybridized carbons (Fsp3) is 0.647. The number of likely N-dealkylation sites (N-methyl/N-ethyl adjacent to an activating group) is 2. The van der Waals surface area contributed by atoms with Crippen molar-refractivity contribution < 1.29 is 0 Å². The van der Waals surface area contributed by atoms with Crippen molar-refractivity contribution in [1.29, 1.82) is 0 Å². The number of hydrogen-bond acceptors (Lipinski definition) is 3. The molecule has 2 rings (SSSR count). The summed E-state index contributed by atoms with van der Waals surface area (Å²) in [5.74, 6) is 0. The summed E-state index contributed by atoms with van der Waals surface area (Å²) in [6.45, 7) is 8.99. The molecule has 1 aromatic carbocycles. The lowest BCUT2D eigenvalue weighted by Crippen LogP contribution is -2.55. The van der Waals surface area contributed by atoms with Crippen LogP contribution in [0.25, 0.3) is 0 Å². The molecule has 20 heavy (non-hydrogen) atoms. The van der Waals surface area contributed by atoms with Gasteiger partial charge in [-0.2, -0.15) is 0 Å². The van der Waals surface area contributed by atoms with Crippen molar-refractivity contribution in [3.8, 4) is 0 Å². The van der Waals surface area contributed by atoms with Crippen LogP contribution >= 0.6 is 0 Å². The quantitative estimate of drug-likeness (QED) is 0.889. The van der Waals surface area contributed by atoms with Gasteiger partial charge in [0.25, 0.3) is 0 Å². The Morgan fingerprint density at radius 2 is 2.00 bits per heavy atom. The zero-order valence-electron chi connectivity index (χ0n) is 13.4. The average molecular weight is 275 g/mol. The van der Waals surface area contributed by atoms with E-state index in [9.17, 15) is 0 Å². The van der Waals surface area contributed by atoms with Crippen molar-refractivity contribution in [1.82, 2.24) is 15.1 Å². The van der Waals surface area contributed by atoms with E-state index in [4.69, 9.17) is 0 Å². The normalized spacial score (nSPS) is 22.9. The average Bonchev–Trinajstić information content (AvgIpc) is 2.44. The molecule has 112 valence electrons. The molecule has 0 aromatic heterocycles. The first-order valence-electron chi connectivity index (χ1n) is 7.81. The first kappa shape index (κ1) is 15.5. The fourth-order valence-electron chi connectivity index (χ4n) is 3.09. The lowest BCUT2D eigenvalue weighted by atomic mass is 9.93. The topological polar surface area (TPSA) is 18.5 Å². The van der Waals surface area contributed by atoms with Gasteiger partial charge in [0.2, 0.25) is 0 Å². The third-order valence-corrected chi connectivity index (χ3v) is 4.42. The smallest absolute Gasteiger partial charge is 0.0493 e. The van der Waals surface area contributed by atoms with E-state index in [-0.39, 0.29) is 0 Å². The summed E-state index contributed by atoms with van der Waals surface area (Å²) < 4.78 is 0. The Morgan fingerprint density at radius 3 is 2.70 bits per heavy atom. The van der Waals surface area contributed by atoms with Crippen molar-refractivity contribution in [2.24, 2.45) is 0 Å². The highest BCUT2D eigenvalue weighted by Crippen LogP contribution is 2.25. The number of nitrogens with zero attached hydrogens (tertiary/aromatic N) is 2. The number of hydrogen-bond donors (Lipinski definition) is 1. The largest absolute Gasteiger partial charge is 0.309 e. The van der Waals surface area contributed by atoms with Gasteiger partial charge in [0, 0.05) is 31.7 Å². The molecule has 1 N–H and O–H groups in total. The molecule has 3 heteroatoms. The molecular formula is C17H29N3. The highest BCUT2D eigenvalue weighted by Gasteiger charge is 2.31. The summed E-state index contributed by atoms with van der Waals surface area (Å²) in [6.07, 6.45) is 1.18. The van der Waals surface area contributed by atoms with Gasteiger partial charge in [0.05, 0.1) is 0 Å². The SMILES string of the molecule is CCCNC(c1ccccc1C)C1CN(C)CCN1C. The van der Waals surface area contributed by atoms with E-state index in [1.54, 1.807) is 0 Å². The van der Waals surface area contributed by atoms with E-state index in [2.05, 4.69) is 67.3 Å². The summed E-state index contributed by atoms with van der Waals surface area (Å²) in [5, 5.41) is 3.78. The maximum Gasteiger partial charge on any atom is 0.0493 e. The number of benzene rings is 1. The van der Waals surface area contributed by atoms with E-state index < -0.39 is 0 Å². The molecule has 0 amide bonds. The predicted molar refractivity (Wildman–Crippen MR) is 86.1 cm³/mol. The summed E-state index contributed by atoms with van der Waals surface area (Å²) in [6, 6.07) is 9.76. The molecule has 1 fully saturated rings. The van der Waals surface area contributed by atoms with Crippen LogP contribution in [0, 0.1) is 6.92 Å². The number of aryl methyl sites for hydroxylation is 1. The van der Waals surface area contributed by atoms with E-state index in [1.165, 1.54) is 24.1 Å². The second-order valence-electron chi connectivity index (χ2n) is 6.10. The molecule has 1 aliphatic rings. The summed E-state index contributed by atoms with van der Waals surface area (Å²) >= 11 is 0. The number of nitrogens with one attached hydrogen (secondary N) is 1. The van der Waals surface area contributed by atoms with Gasteiger partial charge in [-0.05, 0) is 45.1 Å². The Balaban J connectivity index is 2.24. The van der Waals surface area contributed by atoms with Crippen LogP contribution in [0.15, 0.2) is 24.3 Å². The fourth-order valence-corrected chi connectivity index (χ4v) is 3.09. The van der Waals surface area contributed by atoms with Gasteiger partial charge in [0.1, 0.15) is 0 Å². The third kappa shape index (κ3) is 3.60. The Kier molecular flexibility index (Phi) is 5.58. The van der Waals surface area contributed by atoms with Gasteiger partial charge in [-0.25, -0.2) is 0 Å². The second kappa shape index (κ2) is 7.21. The minimum Gasteiger partial charge on any atom is -0.309 e. The van der Waals surface area contributed by atoms with Crippen LogP contribution in [0.3, 0.4) is 0 Å². The zero-order chi connectivity index (χ0) is 14.5. The molecule has 1 aliphatic heterocycles. The molecule has 2 unspecified atom stereocenters. The van der Waals surface area contributed by atoms with Crippen LogP contribution in [-0.2, 0) is 0 Å². The molecule has 0 saturated carbocycles. The van der Waals surface area contributed by atoms with Crippen molar-refractivity contribution in [3.05, 3.63) is 35.4 Å². The van der Waals surface area contributed by atoms with E-state index >= 15 is 0 Å². The molecule has 1 aromatic rings. The third-order valence-electron chi connectivity index (χ3n) is 4.42. The van der Waals surface area contributed by atoms with E-state index in [1.807, 2.05) is 0 Å². The van der Waals surface area contributed by atoms with Crippen LogP contribution in [-0.4, -0.2) is 56.1 Å². The van der Waals surface area contributed by atoms with Crippen LogP contribution in [0.2, 0.25) is 0 Å². The molecule has 0 bridgehead atoms. The van der Waals surface area contributed by atoms with Crippen LogP contribution in [0.4, 0.5) is 0 Å². The molecule has 0 aliphatic carbocycles. The lowest BCUT2D eigenvalue weighted by molar-refractivity contribution is 0.0874. The Bertz CT molecular complexity index is 418. The van der Waals surface area contributed by atoms with Gasteiger partial charge in [-0.1, -0.05) is 31.2 Å². The Labute approximate surface area is 124 Å². The maximum absolute atomic E-state index is 3.78. The second-order valence-corrected chi connectivity index (χ2v) is 6.10. The molecule has 2 atom stereocenters. The van der Waals surface area contributed by atoms with Gasteiger partial charge in [0.15, 0.2) is 0 Å². The first-order chi connectivity index (χ1) is 9.63. The molecular weight excluding hydrogens is 246 g/mol. The van der Waals surface area contributed by atoms with Crippen molar-refractivity contribution in [3.63, 3.8) is 0 Å². The minimum atomic E-state index is 0.420. The van der Waals surface area contributed by atoms with Gasteiger partial charge < -0.3 is 10.2 Å². The highest BCUT2D eigenvalue weighted by atomic mass is 15.3. The lowest BCUT2D eigenvalue weighted by Gasteiger charge is -2.42. The maximum atomic E-state index is 3.78. The molecule has 0 radical (unpaired) electrons. The van der Waals surface area contributed by atoms with Crippen LogP contribution in [0.5, 0.6) is 0 Å². The van der Waals surface area contributed by atoms with E-state index in [0.717, 1.165) is 19.6 Å². The van der Waals surface area contributed by atoms with E-state index in [0.29, 0.717) is 12.1 Å². The molecule has 1 heterocycles. The minimum absolute atomic E-state index is 0.420. The molecule has 1 saturated heterocycles. The summed E-state index contributed by atoms with van der Waals surface area (Å²) in [5.41, 5.74) is 2.84. The Morgan fingerprint density at radius 1 is 1.25 bits per heavy atom. The monoisotopic (exact) mass is 275 g/mol. The van der Waals surface area contributed by atoms with Crippen molar-refractivity contribution in [2.45, 2.75) is 32.4 Å². The Hall–Kier alpha value is -0.900. The summed E-state index contributed by atoms with van der Waals surface area (Å²) in [7, 11) is 4.49. The zero-order valence-corrected chi connectivity index (χ0v) is 13.4.